The van der Waals surface area contributed by atoms with Crippen LogP contribution in [0.3, 0.4) is 0 Å². The molecule has 0 radical (unpaired) electrons. The lowest BCUT2D eigenvalue weighted by molar-refractivity contribution is 0.103. The van der Waals surface area contributed by atoms with Crippen molar-refractivity contribution in [3.63, 3.8) is 0 Å². The van der Waals surface area contributed by atoms with Gasteiger partial charge in [0.2, 0.25) is 18.5 Å². The van der Waals surface area contributed by atoms with Crippen molar-refractivity contribution in [2.45, 2.75) is 13.5 Å². The Labute approximate surface area is 117 Å². The number of hydrogen-bond acceptors (Lipinski definition) is 4. The van der Waals surface area contributed by atoms with Crippen LogP contribution < -0.4 is 4.74 Å². The highest BCUT2D eigenvalue weighted by atomic mass is 79.9. The molecule has 0 spiro atoms. The molecule has 8 heteroatoms. The average Bonchev–Trinajstić information content (AvgIpc) is 2.92. The van der Waals surface area contributed by atoms with E-state index in [1.165, 1.54) is 15.6 Å². The standard InChI is InChI=1S/C11H12BrFN4O2/c1-3-17-5-8(11(15-17)19-6-13)9(18)7-4-16(2)14-10(7)12/h4-5H,3,6H2,1-2H3. The Kier molecular flexibility index (Phi) is 3.98. The number of aromatic nitrogens is 4. The molecule has 0 aliphatic rings. The third-order valence-electron chi connectivity index (χ3n) is 2.52. The van der Waals surface area contributed by atoms with Crippen LogP contribution in [0, 0.1) is 0 Å². The van der Waals surface area contributed by atoms with Crippen molar-refractivity contribution in [2.24, 2.45) is 7.05 Å². The second kappa shape index (κ2) is 5.52. The molecular formula is C11H12BrFN4O2. The third kappa shape index (κ3) is 2.67. The van der Waals surface area contributed by atoms with E-state index in [9.17, 15) is 9.18 Å². The smallest absolute Gasteiger partial charge is 0.246 e. The third-order valence-corrected chi connectivity index (χ3v) is 3.10. The Morgan fingerprint density at radius 2 is 2.16 bits per heavy atom. The van der Waals surface area contributed by atoms with Gasteiger partial charge in [-0.2, -0.15) is 5.10 Å². The van der Waals surface area contributed by atoms with Crippen LogP contribution in [-0.4, -0.2) is 32.2 Å². The van der Waals surface area contributed by atoms with Crippen molar-refractivity contribution in [3.05, 3.63) is 28.1 Å². The molecule has 0 N–H and O–H groups in total. The average molecular weight is 331 g/mol. The summed E-state index contributed by atoms with van der Waals surface area (Å²) in [5, 5.41) is 8.02. The number of hydrogen-bond donors (Lipinski definition) is 0. The van der Waals surface area contributed by atoms with Gasteiger partial charge in [0.25, 0.3) is 0 Å². The molecule has 0 aliphatic carbocycles. The first-order chi connectivity index (χ1) is 9.06. The van der Waals surface area contributed by atoms with Gasteiger partial charge in [-0.15, -0.1) is 5.10 Å². The summed E-state index contributed by atoms with van der Waals surface area (Å²) in [5.74, 6) is -0.326. The highest BCUT2D eigenvalue weighted by molar-refractivity contribution is 9.10. The van der Waals surface area contributed by atoms with E-state index in [0.29, 0.717) is 16.7 Å². The van der Waals surface area contributed by atoms with E-state index in [2.05, 4.69) is 26.1 Å². The van der Waals surface area contributed by atoms with Crippen LogP contribution in [0.5, 0.6) is 5.88 Å². The van der Waals surface area contributed by atoms with E-state index in [0.717, 1.165) is 0 Å². The predicted molar refractivity (Wildman–Crippen MR) is 68.8 cm³/mol. The molecule has 6 nitrogen and oxygen atoms in total. The van der Waals surface area contributed by atoms with E-state index in [-0.39, 0.29) is 17.2 Å². The zero-order valence-electron chi connectivity index (χ0n) is 10.4. The fourth-order valence-corrected chi connectivity index (χ4v) is 2.17. The SMILES string of the molecule is CCn1cc(C(=O)c2cn(C)nc2Br)c(OCF)n1. The summed E-state index contributed by atoms with van der Waals surface area (Å²) in [7, 11) is 1.70. The lowest BCUT2D eigenvalue weighted by Gasteiger charge is -1.99. The lowest BCUT2D eigenvalue weighted by Crippen LogP contribution is -2.03. The monoisotopic (exact) mass is 330 g/mol. The molecule has 19 heavy (non-hydrogen) atoms. The number of rotatable bonds is 5. The van der Waals surface area contributed by atoms with Crippen molar-refractivity contribution in [3.8, 4) is 5.88 Å². The van der Waals surface area contributed by atoms with E-state index >= 15 is 0 Å². The number of alkyl halides is 1. The van der Waals surface area contributed by atoms with Crippen LogP contribution in [0.25, 0.3) is 0 Å². The minimum atomic E-state index is -1.03. The van der Waals surface area contributed by atoms with Gasteiger partial charge in [0.1, 0.15) is 10.2 Å². The number of carbonyl (C=O) groups is 1. The fraction of sp³-hybridized carbons (Fsp3) is 0.364. The van der Waals surface area contributed by atoms with Gasteiger partial charge in [-0.3, -0.25) is 14.2 Å². The van der Waals surface area contributed by atoms with Gasteiger partial charge in [-0.25, -0.2) is 4.39 Å². The maximum atomic E-state index is 12.4. The predicted octanol–water partition coefficient (Wildman–Crippen LogP) is 1.94. The fourth-order valence-electron chi connectivity index (χ4n) is 1.64. The Morgan fingerprint density at radius 1 is 1.42 bits per heavy atom. The minimum Gasteiger partial charge on any atom is -0.444 e. The van der Waals surface area contributed by atoms with Crippen LogP contribution in [0.15, 0.2) is 17.0 Å². The van der Waals surface area contributed by atoms with Crippen molar-refractivity contribution in [1.29, 1.82) is 0 Å². The summed E-state index contributed by atoms with van der Waals surface area (Å²) in [6.07, 6.45) is 3.11. The van der Waals surface area contributed by atoms with Gasteiger partial charge >= 0.3 is 0 Å². The second-order valence-electron chi connectivity index (χ2n) is 3.79. The topological polar surface area (TPSA) is 61.9 Å². The molecule has 0 amide bonds. The van der Waals surface area contributed by atoms with Crippen molar-refractivity contribution in [1.82, 2.24) is 19.6 Å². The molecule has 2 heterocycles. The maximum Gasteiger partial charge on any atom is 0.246 e. The highest BCUT2D eigenvalue weighted by Gasteiger charge is 2.22. The van der Waals surface area contributed by atoms with Gasteiger partial charge in [-0.1, -0.05) is 0 Å². The summed E-state index contributed by atoms with van der Waals surface area (Å²) in [6, 6.07) is 0. The molecule has 2 aromatic rings. The van der Waals surface area contributed by atoms with Crippen LogP contribution in [0.1, 0.15) is 22.8 Å². The molecule has 0 saturated heterocycles. The van der Waals surface area contributed by atoms with Crippen molar-refractivity contribution in [2.75, 3.05) is 6.86 Å². The van der Waals surface area contributed by atoms with Crippen LogP contribution >= 0.6 is 15.9 Å². The molecule has 2 rings (SSSR count). The zero-order valence-corrected chi connectivity index (χ0v) is 12.0. The van der Waals surface area contributed by atoms with Gasteiger partial charge in [0.05, 0.1) is 5.56 Å². The molecule has 0 aromatic carbocycles. The van der Waals surface area contributed by atoms with E-state index in [1.54, 1.807) is 13.2 Å². The largest absolute Gasteiger partial charge is 0.444 e. The molecule has 0 aliphatic heterocycles. The number of nitrogens with zero attached hydrogens (tertiary/aromatic N) is 4. The first-order valence-corrected chi connectivity index (χ1v) is 6.36. The van der Waals surface area contributed by atoms with Crippen LogP contribution in [0.2, 0.25) is 0 Å². The molecule has 0 saturated carbocycles. The zero-order chi connectivity index (χ0) is 14.0. The molecule has 2 aromatic heterocycles. The lowest BCUT2D eigenvalue weighted by atomic mass is 10.1. The van der Waals surface area contributed by atoms with Gasteiger partial charge in [-0.05, 0) is 22.9 Å². The molecule has 0 atom stereocenters. The normalized spacial score (nSPS) is 10.7. The highest BCUT2D eigenvalue weighted by Crippen LogP contribution is 2.24. The van der Waals surface area contributed by atoms with Crippen LogP contribution in [-0.2, 0) is 13.6 Å². The number of aryl methyl sites for hydroxylation is 2. The Bertz CT molecular complexity index is 608. The number of carbonyl (C=O) groups excluding carboxylic acids is 1. The molecule has 0 bridgehead atoms. The van der Waals surface area contributed by atoms with E-state index < -0.39 is 6.86 Å². The Balaban J connectivity index is 2.42. The number of ketones is 1. The second-order valence-corrected chi connectivity index (χ2v) is 4.54. The minimum absolute atomic E-state index is 0.00916. The summed E-state index contributed by atoms with van der Waals surface area (Å²) < 4.78 is 20.5. The summed E-state index contributed by atoms with van der Waals surface area (Å²) >= 11 is 3.21. The first kappa shape index (κ1) is 13.7. The van der Waals surface area contributed by atoms with E-state index in [4.69, 9.17) is 4.74 Å². The number of ether oxygens (including phenoxy) is 1. The van der Waals surface area contributed by atoms with Crippen LogP contribution in [0.4, 0.5) is 4.39 Å². The first-order valence-electron chi connectivity index (χ1n) is 5.56. The molecule has 102 valence electrons. The van der Waals surface area contributed by atoms with E-state index in [1.807, 2.05) is 6.92 Å². The van der Waals surface area contributed by atoms with Crippen molar-refractivity contribution >= 4 is 21.7 Å². The molecule has 0 fully saturated rings. The summed E-state index contributed by atoms with van der Waals surface area (Å²) in [4.78, 5) is 12.4. The quantitative estimate of drug-likeness (QED) is 0.786. The van der Waals surface area contributed by atoms with Gasteiger partial charge in [0, 0.05) is 26.0 Å². The summed E-state index contributed by atoms with van der Waals surface area (Å²) in [5.41, 5.74) is 0.593. The Morgan fingerprint density at radius 3 is 2.68 bits per heavy atom. The van der Waals surface area contributed by atoms with Gasteiger partial charge < -0.3 is 4.74 Å². The summed E-state index contributed by atoms with van der Waals surface area (Å²) in [6.45, 7) is 1.39. The number of halogens is 2. The maximum absolute atomic E-state index is 12.4. The van der Waals surface area contributed by atoms with Crippen molar-refractivity contribution < 1.29 is 13.9 Å². The Hall–Kier alpha value is -1.70. The van der Waals surface area contributed by atoms with Gasteiger partial charge in [0.15, 0.2) is 0 Å². The molecular weight excluding hydrogens is 319 g/mol. The molecule has 0 unspecified atom stereocenters.